The Balaban J connectivity index is 0.00000162. The molecule has 1 saturated carbocycles. The monoisotopic (exact) mass is 308 g/mol. The SMILES string of the molecule is CCOC(=O)C1N=[C-][Se]C1=NC1CCCCC1.[Li+]. The molecule has 0 bridgehead atoms. The second-order valence-corrected chi connectivity index (χ2v) is 5.93. The number of esters is 1. The molecule has 0 spiro atoms. The maximum Gasteiger partial charge on any atom is 1.00 e. The third-order valence-electron chi connectivity index (χ3n) is 2.96. The van der Waals surface area contributed by atoms with Crippen molar-refractivity contribution in [2.45, 2.75) is 51.1 Å². The Hall–Kier alpha value is -0.0731. The summed E-state index contributed by atoms with van der Waals surface area (Å²) >= 11 is 0.0227. The van der Waals surface area contributed by atoms with E-state index >= 15 is 0 Å². The van der Waals surface area contributed by atoms with E-state index in [-0.39, 0.29) is 39.8 Å². The van der Waals surface area contributed by atoms with Gasteiger partial charge in [0.05, 0.1) is 0 Å². The number of hydrogen-bond donors (Lipinski definition) is 0. The summed E-state index contributed by atoms with van der Waals surface area (Å²) in [5, 5.41) is 2.91. The van der Waals surface area contributed by atoms with E-state index in [4.69, 9.17) is 9.73 Å². The standard InChI is InChI=1S/C12H17N2O2Se.Li/c1-2-16-12(15)10-11(17-8-13-10)14-9-6-4-3-5-7-9;/h9-10H,2-7H2,1H3;/q-1;+1. The number of carbonyl (C=O) groups is 1. The summed E-state index contributed by atoms with van der Waals surface area (Å²) in [7, 11) is 0. The largest absolute Gasteiger partial charge is 1.00 e. The molecule has 0 radical (unpaired) electrons. The Kier molecular flexibility index (Phi) is 7.25. The molecule has 1 aliphatic heterocycles. The molecule has 1 atom stereocenters. The molecule has 1 unspecified atom stereocenters. The summed E-state index contributed by atoms with van der Waals surface area (Å²) in [4.78, 5) is 20.5. The van der Waals surface area contributed by atoms with Crippen molar-refractivity contribution in [2.75, 3.05) is 6.61 Å². The molecule has 6 heteroatoms. The maximum atomic E-state index is 11.7. The van der Waals surface area contributed by atoms with Crippen LogP contribution in [0.4, 0.5) is 0 Å². The van der Waals surface area contributed by atoms with Gasteiger partial charge in [-0.1, -0.05) is 0 Å². The van der Waals surface area contributed by atoms with Gasteiger partial charge in [-0.25, -0.2) is 0 Å². The second kappa shape index (κ2) is 8.17. The zero-order chi connectivity index (χ0) is 12.1. The van der Waals surface area contributed by atoms with Gasteiger partial charge in [0, 0.05) is 0 Å². The first kappa shape index (κ1) is 16.0. The van der Waals surface area contributed by atoms with E-state index in [2.05, 4.69) is 10.1 Å². The number of nitrogens with zero attached hydrogens (tertiary/aromatic N) is 2. The summed E-state index contributed by atoms with van der Waals surface area (Å²) in [6, 6.07) is -0.0930. The van der Waals surface area contributed by atoms with Crippen molar-refractivity contribution in [2.24, 2.45) is 9.98 Å². The van der Waals surface area contributed by atoms with Gasteiger partial charge in [-0.3, -0.25) is 0 Å². The van der Waals surface area contributed by atoms with Gasteiger partial charge in [0.1, 0.15) is 0 Å². The van der Waals surface area contributed by atoms with Gasteiger partial charge in [-0.15, -0.1) is 0 Å². The van der Waals surface area contributed by atoms with Gasteiger partial charge in [-0.05, 0) is 0 Å². The summed E-state index contributed by atoms with van der Waals surface area (Å²) < 4.78 is 5.91. The third-order valence-corrected chi connectivity index (χ3v) is 4.50. The van der Waals surface area contributed by atoms with Crippen LogP contribution in [0.5, 0.6) is 0 Å². The van der Waals surface area contributed by atoms with Crippen molar-refractivity contribution >= 4 is 30.6 Å². The summed E-state index contributed by atoms with van der Waals surface area (Å²) in [5.74, 6) is -0.270. The average molecular weight is 307 g/mol. The minimum Gasteiger partial charge on any atom is 1.00 e. The van der Waals surface area contributed by atoms with Crippen LogP contribution in [0, 0.1) is 0 Å². The van der Waals surface area contributed by atoms with Crippen LogP contribution in [0.25, 0.3) is 0 Å². The maximum absolute atomic E-state index is 11.7. The van der Waals surface area contributed by atoms with Gasteiger partial charge >= 0.3 is 127 Å². The van der Waals surface area contributed by atoms with Crippen LogP contribution in [0.3, 0.4) is 0 Å². The van der Waals surface area contributed by atoms with Crippen molar-refractivity contribution in [3.63, 3.8) is 0 Å². The summed E-state index contributed by atoms with van der Waals surface area (Å²) in [6.45, 7) is 2.21. The van der Waals surface area contributed by atoms with E-state index in [0.29, 0.717) is 12.6 Å². The molecule has 1 heterocycles. The Morgan fingerprint density at radius 1 is 1.50 bits per heavy atom. The molecule has 0 amide bonds. The molecule has 0 aromatic rings. The number of carbonyl (C=O) groups excluding carboxylic acids is 1. The predicted molar refractivity (Wildman–Crippen MR) is 67.9 cm³/mol. The molecular formula is C12H17LiN2O2Se. The van der Waals surface area contributed by atoms with Gasteiger partial charge in [0.15, 0.2) is 0 Å². The van der Waals surface area contributed by atoms with Crippen molar-refractivity contribution in [1.82, 2.24) is 0 Å². The molecule has 1 aliphatic carbocycles. The fraction of sp³-hybridized carbons (Fsp3) is 0.750. The minimum atomic E-state index is -0.489. The molecule has 0 aromatic carbocycles. The van der Waals surface area contributed by atoms with Crippen LogP contribution >= 0.6 is 0 Å². The molecule has 0 saturated heterocycles. The van der Waals surface area contributed by atoms with Gasteiger partial charge in [0.25, 0.3) is 0 Å². The Morgan fingerprint density at radius 3 is 2.89 bits per heavy atom. The van der Waals surface area contributed by atoms with E-state index in [1.165, 1.54) is 19.3 Å². The van der Waals surface area contributed by atoms with Crippen LogP contribution in [-0.4, -0.2) is 49.3 Å². The first-order valence-corrected chi connectivity index (χ1v) is 7.88. The van der Waals surface area contributed by atoms with E-state index < -0.39 is 6.04 Å². The smallest absolute Gasteiger partial charge is 1.00 e. The molecule has 1 fully saturated rings. The van der Waals surface area contributed by atoms with Crippen LogP contribution < -0.4 is 18.9 Å². The number of rotatable bonds is 3. The summed E-state index contributed by atoms with van der Waals surface area (Å²) in [5.41, 5.74) is 0. The molecule has 18 heavy (non-hydrogen) atoms. The van der Waals surface area contributed by atoms with Gasteiger partial charge in [-0.2, -0.15) is 0 Å². The molecular weight excluding hydrogens is 290 g/mol. The Bertz CT molecular complexity index is 341. The molecule has 4 nitrogen and oxygen atoms in total. The van der Waals surface area contributed by atoms with Crippen molar-refractivity contribution < 1.29 is 28.4 Å². The topological polar surface area (TPSA) is 51.0 Å². The van der Waals surface area contributed by atoms with Crippen LogP contribution in [0.15, 0.2) is 9.98 Å². The normalized spacial score (nSPS) is 26.1. The summed E-state index contributed by atoms with van der Waals surface area (Å²) in [6.07, 6.45) is 6.12. The average Bonchev–Trinajstić information content (AvgIpc) is 2.79. The molecule has 94 valence electrons. The fourth-order valence-electron chi connectivity index (χ4n) is 2.10. The first-order chi connectivity index (χ1) is 8.31. The molecule has 2 rings (SSSR count). The minimum absolute atomic E-state index is 0. The third kappa shape index (κ3) is 4.24. The molecule has 2 aliphatic rings. The first-order valence-electron chi connectivity index (χ1n) is 6.17. The van der Waals surface area contributed by atoms with Crippen molar-refractivity contribution in [3.05, 3.63) is 0 Å². The second-order valence-electron chi connectivity index (χ2n) is 4.24. The Morgan fingerprint density at radius 2 is 2.22 bits per heavy atom. The van der Waals surface area contributed by atoms with Crippen LogP contribution in [-0.2, 0) is 9.53 Å². The quantitative estimate of drug-likeness (QED) is 0.354. The number of hydrogen-bond acceptors (Lipinski definition) is 4. The van der Waals surface area contributed by atoms with E-state index in [0.717, 1.165) is 17.5 Å². The Labute approximate surface area is 126 Å². The van der Waals surface area contributed by atoms with Gasteiger partial charge < -0.3 is 0 Å². The van der Waals surface area contributed by atoms with Gasteiger partial charge in [0.2, 0.25) is 0 Å². The predicted octanol–water partition coefficient (Wildman–Crippen LogP) is -1.72. The molecule has 0 N–H and O–H groups in total. The zero-order valence-corrected chi connectivity index (χ0v) is 12.7. The van der Waals surface area contributed by atoms with Crippen LogP contribution in [0.1, 0.15) is 39.0 Å². The van der Waals surface area contributed by atoms with E-state index in [9.17, 15) is 4.79 Å². The van der Waals surface area contributed by atoms with Crippen molar-refractivity contribution in [1.29, 1.82) is 0 Å². The fourth-order valence-corrected chi connectivity index (χ4v) is 3.60. The van der Waals surface area contributed by atoms with Crippen LogP contribution in [0.2, 0.25) is 0 Å². The van der Waals surface area contributed by atoms with E-state index in [1.54, 1.807) is 0 Å². The number of ether oxygens (including phenoxy) is 1. The number of aliphatic imine (C=N–C) groups is 2. The van der Waals surface area contributed by atoms with E-state index in [1.807, 2.05) is 6.92 Å². The van der Waals surface area contributed by atoms with Crippen molar-refractivity contribution in [3.8, 4) is 0 Å². The molecule has 0 aromatic heterocycles. The zero-order valence-electron chi connectivity index (χ0n) is 11.0.